The van der Waals surface area contributed by atoms with E-state index in [9.17, 15) is 4.79 Å². The van der Waals surface area contributed by atoms with Gasteiger partial charge in [-0.3, -0.25) is 10.2 Å². The van der Waals surface area contributed by atoms with Crippen molar-refractivity contribution in [2.24, 2.45) is 5.84 Å². The average Bonchev–Trinajstić information content (AvgIpc) is 3.37. The number of rotatable bonds is 4. The molecule has 4 N–H and O–H groups in total. The molecule has 23 heavy (non-hydrogen) atoms. The van der Waals surface area contributed by atoms with Crippen molar-refractivity contribution in [1.29, 1.82) is 0 Å². The lowest BCUT2D eigenvalue weighted by Crippen LogP contribution is -2.30. The summed E-state index contributed by atoms with van der Waals surface area (Å²) in [6, 6.07) is 7.74. The van der Waals surface area contributed by atoms with Crippen molar-refractivity contribution in [3.63, 3.8) is 0 Å². The Balaban J connectivity index is 0.000000924. The van der Waals surface area contributed by atoms with Crippen molar-refractivity contribution in [3.8, 4) is 0 Å². The molecule has 1 aliphatic rings. The minimum atomic E-state index is -0.419. The van der Waals surface area contributed by atoms with Crippen LogP contribution in [0.4, 0.5) is 5.95 Å². The van der Waals surface area contributed by atoms with Crippen LogP contribution < -0.4 is 16.6 Å². The summed E-state index contributed by atoms with van der Waals surface area (Å²) in [6.07, 6.45) is 4.85. The molecule has 122 valence electrons. The molecule has 0 saturated heterocycles. The zero-order chi connectivity index (χ0) is 16.9. The second-order valence-electron chi connectivity index (χ2n) is 4.99. The molecule has 0 radical (unpaired) electrons. The van der Waals surface area contributed by atoms with Gasteiger partial charge in [-0.05, 0) is 30.5 Å². The molecule has 0 aliphatic heterocycles. The number of carbonyl (C=O) groups is 1. The van der Waals surface area contributed by atoms with E-state index in [1.807, 2.05) is 43.5 Å². The molecular formula is C16H20ClN5O. The van der Waals surface area contributed by atoms with Gasteiger partial charge in [-0.2, -0.15) is 0 Å². The normalized spacial score (nSPS) is 14.3. The minimum Gasteiger partial charge on any atom is -0.345 e. The Kier molecular flexibility index (Phi) is 5.52. The lowest BCUT2D eigenvalue weighted by molar-refractivity contribution is 0.0953. The van der Waals surface area contributed by atoms with Gasteiger partial charge in [0.2, 0.25) is 5.95 Å². The predicted octanol–water partition coefficient (Wildman–Crippen LogP) is 2.86. The van der Waals surface area contributed by atoms with Gasteiger partial charge in [0.15, 0.2) is 0 Å². The number of halogens is 1. The number of hydrogen-bond donors (Lipinski definition) is 3. The summed E-state index contributed by atoms with van der Waals surface area (Å²) in [5.74, 6) is 5.12. The standard InChI is InChI=1S/C14H14ClN5O.C2H6/c15-11-3-1-2-10(6-11)14(4-5-14)19-13-17-7-9(8-18-13)12(21)20-16;1-2/h1-3,6-8H,4-5,16H2,(H,20,21)(H,17,18,19);1-2H3. The van der Waals surface area contributed by atoms with Crippen LogP contribution in [0.5, 0.6) is 0 Å². The number of nitrogens with two attached hydrogens (primary N) is 1. The van der Waals surface area contributed by atoms with Gasteiger partial charge in [-0.25, -0.2) is 15.8 Å². The van der Waals surface area contributed by atoms with Crippen molar-refractivity contribution in [3.05, 3.63) is 52.8 Å². The molecule has 1 saturated carbocycles. The highest BCUT2D eigenvalue weighted by molar-refractivity contribution is 6.30. The Hall–Kier alpha value is -2.18. The predicted molar refractivity (Wildman–Crippen MR) is 91.0 cm³/mol. The number of aromatic nitrogens is 2. The number of hydrogen-bond acceptors (Lipinski definition) is 5. The molecule has 0 atom stereocenters. The topological polar surface area (TPSA) is 92.9 Å². The van der Waals surface area contributed by atoms with E-state index in [1.165, 1.54) is 12.4 Å². The van der Waals surface area contributed by atoms with Crippen LogP contribution in [-0.2, 0) is 5.54 Å². The third-order valence-electron chi connectivity index (χ3n) is 3.52. The highest BCUT2D eigenvalue weighted by atomic mass is 35.5. The smallest absolute Gasteiger partial charge is 0.268 e. The van der Waals surface area contributed by atoms with Gasteiger partial charge in [0, 0.05) is 17.4 Å². The Morgan fingerprint density at radius 1 is 1.26 bits per heavy atom. The fourth-order valence-corrected chi connectivity index (χ4v) is 2.39. The third kappa shape index (κ3) is 3.97. The summed E-state index contributed by atoms with van der Waals surface area (Å²) in [5, 5.41) is 4.02. The third-order valence-corrected chi connectivity index (χ3v) is 3.76. The van der Waals surface area contributed by atoms with Crippen molar-refractivity contribution < 1.29 is 4.79 Å². The molecule has 1 heterocycles. The second-order valence-corrected chi connectivity index (χ2v) is 5.42. The molecular weight excluding hydrogens is 314 g/mol. The van der Waals surface area contributed by atoms with E-state index in [2.05, 4.69) is 15.3 Å². The molecule has 3 rings (SSSR count). The zero-order valence-electron chi connectivity index (χ0n) is 13.1. The van der Waals surface area contributed by atoms with E-state index < -0.39 is 5.91 Å². The van der Waals surface area contributed by atoms with Crippen molar-refractivity contribution >= 4 is 23.5 Å². The van der Waals surface area contributed by atoms with Crippen LogP contribution in [0.25, 0.3) is 0 Å². The largest absolute Gasteiger partial charge is 0.345 e. The lowest BCUT2D eigenvalue weighted by Gasteiger charge is -2.18. The summed E-state index contributed by atoms with van der Waals surface area (Å²) in [5.41, 5.74) is 3.30. The first-order valence-electron chi connectivity index (χ1n) is 7.50. The summed E-state index contributed by atoms with van der Waals surface area (Å²) >= 11 is 6.04. The maximum atomic E-state index is 11.3. The fraction of sp³-hybridized carbons (Fsp3) is 0.312. The highest BCUT2D eigenvalue weighted by Gasteiger charge is 2.45. The Bertz CT molecular complexity index is 670. The number of hydrazine groups is 1. The number of carbonyl (C=O) groups excluding carboxylic acids is 1. The lowest BCUT2D eigenvalue weighted by atomic mass is 10.1. The monoisotopic (exact) mass is 333 g/mol. The molecule has 0 spiro atoms. The zero-order valence-corrected chi connectivity index (χ0v) is 13.9. The number of benzene rings is 1. The first-order valence-corrected chi connectivity index (χ1v) is 7.88. The van der Waals surface area contributed by atoms with Crippen LogP contribution in [0, 0.1) is 0 Å². The van der Waals surface area contributed by atoms with Crippen molar-refractivity contribution in [2.75, 3.05) is 5.32 Å². The molecule has 1 aromatic heterocycles. The molecule has 0 unspecified atom stereocenters. The number of nitrogen functional groups attached to an aromatic ring is 1. The summed E-state index contributed by atoms with van der Waals surface area (Å²) < 4.78 is 0. The molecule has 1 aromatic carbocycles. The highest BCUT2D eigenvalue weighted by Crippen LogP contribution is 2.48. The van der Waals surface area contributed by atoms with E-state index in [4.69, 9.17) is 17.4 Å². The van der Waals surface area contributed by atoms with E-state index in [0.717, 1.165) is 18.4 Å². The fourth-order valence-electron chi connectivity index (χ4n) is 2.20. The van der Waals surface area contributed by atoms with Gasteiger partial charge in [-0.1, -0.05) is 37.6 Å². The Morgan fingerprint density at radius 3 is 2.43 bits per heavy atom. The van der Waals surface area contributed by atoms with E-state index in [-0.39, 0.29) is 5.54 Å². The van der Waals surface area contributed by atoms with Crippen LogP contribution in [0.3, 0.4) is 0 Å². The van der Waals surface area contributed by atoms with Gasteiger partial charge >= 0.3 is 0 Å². The van der Waals surface area contributed by atoms with Crippen LogP contribution in [0.15, 0.2) is 36.7 Å². The molecule has 2 aromatic rings. The molecule has 1 aliphatic carbocycles. The van der Waals surface area contributed by atoms with Gasteiger partial charge in [0.05, 0.1) is 11.1 Å². The Morgan fingerprint density at radius 2 is 1.91 bits per heavy atom. The number of anilines is 1. The first kappa shape index (κ1) is 17.2. The van der Waals surface area contributed by atoms with Crippen LogP contribution in [-0.4, -0.2) is 15.9 Å². The second kappa shape index (κ2) is 7.39. The van der Waals surface area contributed by atoms with Crippen molar-refractivity contribution in [1.82, 2.24) is 15.4 Å². The molecule has 1 amide bonds. The van der Waals surface area contributed by atoms with Crippen LogP contribution >= 0.6 is 11.6 Å². The number of nitrogens with zero attached hydrogens (tertiary/aromatic N) is 2. The quantitative estimate of drug-likeness (QED) is 0.454. The van der Waals surface area contributed by atoms with Gasteiger partial charge in [-0.15, -0.1) is 0 Å². The minimum absolute atomic E-state index is 0.164. The average molecular weight is 334 g/mol. The summed E-state index contributed by atoms with van der Waals surface area (Å²) in [6.45, 7) is 4.00. The molecule has 6 nitrogen and oxygen atoms in total. The van der Waals surface area contributed by atoms with Crippen molar-refractivity contribution in [2.45, 2.75) is 32.2 Å². The molecule has 0 bridgehead atoms. The summed E-state index contributed by atoms with van der Waals surface area (Å²) in [7, 11) is 0. The van der Waals surface area contributed by atoms with E-state index in [1.54, 1.807) is 0 Å². The first-order chi connectivity index (χ1) is 11.1. The SMILES string of the molecule is CC.NNC(=O)c1cnc(NC2(c3cccc(Cl)c3)CC2)nc1. The summed E-state index contributed by atoms with van der Waals surface area (Å²) in [4.78, 5) is 19.6. The van der Waals surface area contributed by atoms with E-state index >= 15 is 0 Å². The molecule has 7 heteroatoms. The Labute approximate surface area is 140 Å². The maximum Gasteiger partial charge on any atom is 0.268 e. The van der Waals surface area contributed by atoms with Gasteiger partial charge in [0.1, 0.15) is 0 Å². The van der Waals surface area contributed by atoms with Crippen LogP contribution in [0.1, 0.15) is 42.6 Å². The molecule has 1 fully saturated rings. The van der Waals surface area contributed by atoms with Gasteiger partial charge in [0.25, 0.3) is 5.91 Å². The van der Waals surface area contributed by atoms with E-state index in [0.29, 0.717) is 16.5 Å². The maximum absolute atomic E-state index is 11.3. The number of nitrogens with one attached hydrogen (secondary N) is 2. The van der Waals surface area contributed by atoms with Crippen LogP contribution in [0.2, 0.25) is 5.02 Å². The number of amides is 1. The van der Waals surface area contributed by atoms with Gasteiger partial charge < -0.3 is 5.32 Å².